The van der Waals surface area contributed by atoms with Gasteiger partial charge >= 0.3 is 0 Å². The van der Waals surface area contributed by atoms with Crippen LogP contribution in [0.25, 0.3) is 0 Å². The number of ether oxygens (including phenoxy) is 1. The maximum Gasteiger partial charge on any atom is 0.237 e. The van der Waals surface area contributed by atoms with Crippen LogP contribution in [0.2, 0.25) is 0 Å². The van der Waals surface area contributed by atoms with Gasteiger partial charge in [0.2, 0.25) is 5.91 Å². The summed E-state index contributed by atoms with van der Waals surface area (Å²) in [4.78, 5) is 14.1. The standard InChI is InChI=1S/C15H31N3O2/c1-4-8-17-15(2,14(16)19)7-5-9-18-10-6-13(11-18)12-20-3/h13,17H,4-12H2,1-3H3,(H2,16,19). The Morgan fingerprint density at radius 1 is 1.55 bits per heavy atom. The van der Waals surface area contributed by atoms with Crippen molar-refractivity contribution in [1.29, 1.82) is 0 Å². The molecule has 5 nitrogen and oxygen atoms in total. The van der Waals surface area contributed by atoms with Gasteiger partial charge in [-0.1, -0.05) is 6.92 Å². The van der Waals surface area contributed by atoms with Gasteiger partial charge in [0, 0.05) is 13.7 Å². The molecular weight excluding hydrogens is 254 g/mol. The number of methoxy groups -OCH3 is 1. The van der Waals surface area contributed by atoms with Crippen LogP contribution in [-0.2, 0) is 9.53 Å². The van der Waals surface area contributed by atoms with Gasteiger partial charge < -0.3 is 20.7 Å². The van der Waals surface area contributed by atoms with E-state index in [4.69, 9.17) is 10.5 Å². The van der Waals surface area contributed by atoms with E-state index in [1.54, 1.807) is 7.11 Å². The zero-order valence-electron chi connectivity index (χ0n) is 13.3. The highest BCUT2D eigenvalue weighted by molar-refractivity contribution is 5.84. The van der Waals surface area contributed by atoms with Crippen molar-refractivity contribution in [2.24, 2.45) is 11.7 Å². The van der Waals surface area contributed by atoms with Gasteiger partial charge in [-0.25, -0.2) is 0 Å². The van der Waals surface area contributed by atoms with Crippen LogP contribution >= 0.6 is 0 Å². The monoisotopic (exact) mass is 285 g/mol. The molecule has 0 saturated carbocycles. The minimum Gasteiger partial charge on any atom is -0.384 e. The predicted octanol–water partition coefficient (Wildman–Crippen LogP) is 0.979. The van der Waals surface area contributed by atoms with E-state index < -0.39 is 5.54 Å². The fourth-order valence-electron chi connectivity index (χ4n) is 2.84. The number of rotatable bonds is 10. The van der Waals surface area contributed by atoms with E-state index in [-0.39, 0.29) is 5.91 Å². The summed E-state index contributed by atoms with van der Waals surface area (Å²) in [7, 11) is 1.76. The number of likely N-dealkylation sites (tertiary alicyclic amines) is 1. The lowest BCUT2D eigenvalue weighted by Gasteiger charge is -2.28. The van der Waals surface area contributed by atoms with Crippen LogP contribution in [0.5, 0.6) is 0 Å². The van der Waals surface area contributed by atoms with Gasteiger partial charge in [0.05, 0.1) is 12.1 Å². The summed E-state index contributed by atoms with van der Waals surface area (Å²) >= 11 is 0. The number of hydrogen-bond donors (Lipinski definition) is 2. The normalized spacial score (nSPS) is 22.9. The molecule has 1 amide bonds. The van der Waals surface area contributed by atoms with Gasteiger partial charge in [-0.3, -0.25) is 4.79 Å². The Kier molecular flexibility index (Phi) is 7.48. The largest absolute Gasteiger partial charge is 0.384 e. The quantitative estimate of drug-likeness (QED) is 0.628. The molecule has 1 aliphatic heterocycles. The van der Waals surface area contributed by atoms with E-state index in [2.05, 4.69) is 17.1 Å². The number of hydrogen-bond acceptors (Lipinski definition) is 4. The number of carbonyl (C=O) groups is 1. The molecule has 2 unspecified atom stereocenters. The first-order chi connectivity index (χ1) is 9.51. The lowest BCUT2D eigenvalue weighted by atomic mass is 9.94. The molecule has 1 aliphatic rings. The number of nitrogens with zero attached hydrogens (tertiary/aromatic N) is 1. The van der Waals surface area contributed by atoms with Crippen LogP contribution in [0.4, 0.5) is 0 Å². The third-order valence-electron chi connectivity index (χ3n) is 4.23. The number of nitrogens with one attached hydrogen (secondary N) is 1. The number of amides is 1. The fourth-order valence-corrected chi connectivity index (χ4v) is 2.84. The molecule has 0 aromatic heterocycles. The highest BCUT2D eigenvalue weighted by atomic mass is 16.5. The molecule has 3 N–H and O–H groups in total. The number of primary amides is 1. The first kappa shape index (κ1) is 17.4. The third-order valence-corrected chi connectivity index (χ3v) is 4.23. The van der Waals surface area contributed by atoms with E-state index in [9.17, 15) is 4.79 Å². The molecule has 0 aliphatic carbocycles. The first-order valence-corrected chi connectivity index (χ1v) is 7.78. The molecule has 0 radical (unpaired) electrons. The molecule has 0 aromatic carbocycles. The number of nitrogens with two attached hydrogens (primary N) is 1. The number of carbonyl (C=O) groups excluding carboxylic acids is 1. The molecule has 1 rings (SSSR count). The Hall–Kier alpha value is -0.650. The van der Waals surface area contributed by atoms with Crippen LogP contribution in [0.3, 0.4) is 0 Å². The Labute approximate surface area is 123 Å². The second-order valence-electron chi connectivity index (χ2n) is 6.14. The molecule has 1 heterocycles. The van der Waals surface area contributed by atoms with Gasteiger partial charge in [-0.2, -0.15) is 0 Å². The lowest BCUT2D eigenvalue weighted by Crippen LogP contribution is -2.53. The van der Waals surface area contributed by atoms with Gasteiger partial charge in [-0.05, 0) is 58.2 Å². The van der Waals surface area contributed by atoms with Crippen molar-refractivity contribution in [2.45, 2.75) is 45.1 Å². The average Bonchev–Trinajstić information content (AvgIpc) is 2.84. The molecule has 5 heteroatoms. The maximum absolute atomic E-state index is 11.6. The summed E-state index contributed by atoms with van der Waals surface area (Å²) in [6.07, 6.45) is 4.02. The summed E-state index contributed by atoms with van der Waals surface area (Å²) in [6, 6.07) is 0. The van der Waals surface area contributed by atoms with Gasteiger partial charge in [0.15, 0.2) is 0 Å². The van der Waals surface area contributed by atoms with Crippen LogP contribution in [0.1, 0.15) is 39.5 Å². The van der Waals surface area contributed by atoms with E-state index in [0.29, 0.717) is 5.92 Å². The Morgan fingerprint density at radius 2 is 2.30 bits per heavy atom. The molecule has 118 valence electrons. The van der Waals surface area contributed by atoms with Gasteiger partial charge in [0.25, 0.3) is 0 Å². The SMILES string of the molecule is CCCNC(C)(CCCN1CCC(COC)C1)C(N)=O. The maximum atomic E-state index is 11.6. The minimum atomic E-state index is -0.568. The topological polar surface area (TPSA) is 67.6 Å². The van der Waals surface area contributed by atoms with Crippen molar-refractivity contribution < 1.29 is 9.53 Å². The second-order valence-corrected chi connectivity index (χ2v) is 6.14. The molecule has 0 spiro atoms. The van der Waals surface area contributed by atoms with Crippen molar-refractivity contribution in [2.75, 3.05) is 39.9 Å². The van der Waals surface area contributed by atoms with Gasteiger partial charge in [-0.15, -0.1) is 0 Å². The first-order valence-electron chi connectivity index (χ1n) is 7.78. The Bertz CT molecular complexity index is 299. The van der Waals surface area contributed by atoms with E-state index >= 15 is 0 Å². The Morgan fingerprint density at radius 3 is 2.90 bits per heavy atom. The van der Waals surface area contributed by atoms with Crippen LogP contribution < -0.4 is 11.1 Å². The fraction of sp³-hybridized carbons (Fsp3) is 0.933. The molecule has 1 saturated heterocycles. The van der Waals surface area contributed by atoms with Crippen LogP contribution in [0.15, 0.2) is 0 Å². The van der Waals surface area contributed by atoms with Gasteiger partial charge in [0.1, 0.15) is 0 Å². The predicted molar refractivity (Wildman–Crippen MR) is 81.6 cm³/mol. The summed E-state index contributed by atoms with van der Waals surface area (Å²) in [5.74, 6) is 0.422. The summed E-state index contributed by atoms with van der Waals surface area (Å²) in [5.41, 5.74) is 4.97. The Balaban J connectivity index is 2.29. The lowest BCUT2D eigenvalue weighted by molar-refractivity contribution is -0.124. The van der Waals surface area contributed by atoms with Crippen LogP contribution in [-0.4, -0.2) is 56.2 Å². The molecule has 0 aromatic rings. The van der Waals surface area contributed by atoms with E-state index in [0.717, 1.165) is 52.0 Å². The summed E-state index contributed by atoms with van der Waals surface area (Å²) in [6.45, 7) is 8.99. The zero-order chi connectivity index (χ0) is 15.0. The van der Waals surface area contributed by atoms with E-state index in [1.165, 1.54) is 6.42 Å². The smallest absolute Gasteiger partial charge is 0.237 e. The summed E-state index contributed by atoms with van der Waals surface area (Å²) < 4.78 is 5.21. The molecule has 2 atom stereocenters. The molecular formula is C15H31N3O2. The molecule has 0 bridgehead atoms. The van der Waals surface area contributed by atoms with Crippen molar-refractivity contribution in [3.8, 4) is 0 Å². The minimum absolute atomic E-state index is 0.246. The van der Waals surface area contributed by atoms with Crippen molar-refractivity contribution in [1.82, 2.24) is 10.2 Å². The van der Waals surface area contributed by atoms with E-state index in [1.807, 2.05) is 6.92 Å². The third kappa shape index (κ3) is 5.38. The molecule has 1 fully saturated rings. The highest BCUT2D eigenvalue weighted by Crippen LogP contribution is 2.18. The average molecular weight is 285 g/mol. The van der Waals surface area contributed by atoms with Crippen molar-refractivity contribution in [3.63, 3.8) is 0 Å². The molecule has 20 heavy (non-hydrogen) atoms. The van der Waals surface area contributed by atoms with Crippen molar-refractivity contribution >= 4 is 5.91 Å². The summed E-state index contributed by atoms with van der Waals surface area (Å²) in [5, 5.41) is 3.29. The highest BCUT2D eigenvalue weighted by Gasteiger charge is 2.30. The van der Waals surface area contributed by atoms with Crippen LogP contribution in [0, 0.1) is 5.92 Å². The second kappa shape index (κ2) is 8.60. The zero-order valence-corrected chi connectivity index (χ0v) is 13.3. The van der Waals surface area contributed by atoms with Crippen molar-refractivity contribution in [3.05, 3.63) is 0 Å².